The van der Waals surface area contributed by atoms with Gasteiger partial charge in [0.2, 0.25) is 0 Å². The van der Waals surface area contributed by atoms with Crippen LogP contribution in [0.1, 0.15) is 30.4 Å². The van der Waals surface area contributed by atoms with Crippen LogP contribution in [0.15, 0.2) is 18.2 Å². The zero-order valence-electron chi connectivity index (χ0n) is 13.0. The summed E-state index contributed by atoms with van der Waals surface area (Å²) < 4.78 is 5.87. The standard InChI is InChI=1S/C17H24ClNO3/c1-12-8-14(18)3-2-13(12)10-19-6-4-17(5-7-19)9-15(20)16(21)11-22-17/h2-3,8,15-16,20-21H,4-7,9-11H2,1H3/t15-,16+/m1/s1. The second-order valence-electron chi connectivity index (χ2n) is 6.68. The normalized spacial score (nSPS) is 28.9. The van der Waals surface area contributed by atoms with E-state index in [2.05, 4.69) is 17.9 Å². The van der Waals surface area contributed by atoms with Crippen molar-refractivity contribution in [3.05, 3.63) is 34.3 Å². The molecule has 2 aliphatic heterocycles. The Bertz CT molecular complexity index is 529. The first-order valence-corrected chi connectivity index (χ1v) is 8.33. The van der Waals surface area contributed by atoms with Crippen LogP contribution in [0.5, 0.6) is 0 Å². The number of likely N-dealkylation sites (tertiary alicyclic amines) is 1. The molecule has 2 saturated heterocycles. The minimum atomic E-state index is -0.736. The number of hydrogen-bond acceptors (Lipinski definition) is 4. The number of aliphatic hydroxyl groups is 2. The number of hydrogen-bond donors (Lipinski definition) is 2. The van der Waals surface area contributed by atoms with E-state index in [1.165, 1.54) is 11.1 Å². The number of aliphatic hydroxyl groups excluding tert-OH is 2. The fourth-order valence-corrected chi connectivity index (χ4v) is 3.72. The highest BCUT2D eigenvalue weighted by Gasteiger charge is 2.42. The summed E-state index contributed by atoms with van der Waals surface area (Å²) in [5.41, 5.74) is 2.28. The number of benzene rings is 1. The van der Waals surface area contributed by atoms with Crippen molar-refractivity contribution >= 4 is 11.6 Å². The molecule has 22 heavy (non-hydrogen) atoms. The molecule has 2 fully saturated rings. The predicted octanol–water partition coefficient (Wildman–Crippen LogP) is 2.13. The second kappa shape index (κ2) is 6.46. The zero-order valence-corrected chi connectivity index (χ0v) is 13.7. The van der Waals surface area contributed by atoms with Crippen LogP contribution in [0.3, 0.4) is 0 Å². The highest BCUT2D eigenvalue weighted by atomic mass is 35.5. The topological polar surface area (TPSA) is 52.9 Å². The van der Waals surface area contributed by atoms with Crippen molar-refractivity contribution in [3.8, 4) is 0 Å². The average Bonchev–Trinajstić information content (AvgIpc) is 2.49. The van der Waals surface area contributed by atoms with Crippen molar-refractivity contribution in [1.82, 2.24) is 4.90 Å². The quantitative estimate of drug-likeness (QED) is 0.874. The first kappa shape index (κ1) is 16.2. The van der Waals surface area contributed by atoms with Crippen molar-refractivity contribution < 1.29 is 14.9 Å². The molecule has 2 heterocycles. The van der Waals surface area contributed by atoms with E-state index in [1.807, 2.05) is 12.1 Å². The van der Waals surface area contributed by atoms with E-state index in [1.54, 1.807) is 0 Å². The number of aryl methyl sites for hydroxylation is 1. The van der Waals surface area contributed by atoms with Crippen LogP contribution in [0.2, 0.25) is 5.02 Å². The highest BCUT2D eigenvalue weighted by Crippen LogP contribution is 2.35. The number of nitrogens with zero attached hydrogens (tertiary/aromatic N) is 1. The van der Waals surface area contributed by atoms with E-state index >= 15 is 0 Å². The summed E-state index contributed by atoms with van der Waals surface area (Å²) in [7, 11) is 0. The van der Waals surface area contributed by atoms with Crippen molar-refractivity contribution in [2.24, 2.45) is 0 Å². The molecule has 0 unspecified atom stereocenters. The van der Waals surface area contributed by atoms with Crippen LogP contribution in [0.4, 0.5) is 0 Å². The fourth-order valence-electron chi connectivity index (χ4n) is 3.49. The van der Waals surface area contributed by atoms with Gasteiger partial charge in [-0.15, -0.1) is 0 Å². The van der Waals surface area contributed by atoms with Crippen molar-refractivity contribution in [3.63, 3.8) is 0 Å². The molecule has 3 rings (SSSR count). The van der Waals surface area contributed by atoms with Crippen LogP contribution in [-0.2, 0) is 11.3 Å². The maximum atomic E-state index is 9.90. The van der Waals surface area contributed by atoms with Gasteiger partial charge in [-0.1, -0.05) is 17.7 Å². The van der Waals surface area contributed by atoms with Gasteiger partial charge in [0.05, 0.1) is 18.3 Å². The predicted molar refractivity (Wildman–Crippen MR) is 86.0 cm³/mol. The van der Waals surface area contributed by atoms with Crippen molar-refractivity contribution in [2.75, 3.05) is 19.7 Å². The maximum absolute atomic E-state index is 9.90. The van der Waals surface area contributed by atoms with Crippen LogP contribution < -0.4 is 0 Å². The summed E-state index contributed by atoms with van der Waals surface area (Å²) >= 11 is 6.01. The molecule has 0 aliphatic carbocycles. The summed E-state index contributed by atoms with van der Waals surface area (Å²) in [6.45, 7) is 5.16. The maximum Gasteiger partial charge on any atom is 0.103 e. The first-order valence-electron chi connectivity index (χ1n) is 7.95. The summed E-state index contributed by atoms with van der Waals surface area (Å²) in [6, 6.07) is 6.04. The smallest absolute Gasteiger partial charge is 0.103 e. The molecule has 0 aromatic heterocycles. The third kappa shape index (κ3) is 3.47. The molecule has 2 N–H and O–H groups in total. The molecule has 0 saturated carbocycles. The Kier molecular flexibility index (Phi) is 4.76. The fraction of sp³-hybridized carbons (Fsp3) is 0.647. The van der Waals surface area contributed by atoms with E-state index in [9.17, 15) is 10.2 Å². The summed E-state index contributed by atoms with van der Waals surface area (Å²) in [4.78, 5) is 2.42. The van der Waals surface area contributed by atoms with E-state index in [4.69, 9.17) is 16.3 Å². The van der Waals surface area contributed by atoms with Gasteiger partial charge < -0.3 is 14.9 Å². The Balaban J connectivity index is 1.58. The highest BCUT2D eigenvalue weighted by molar-refractivity contribution is 6.30. The lowest BCUT2D eigenvalue weighted by Crippen LogP contribution is -2.54. The average molecular weight is 326 g/mol. The molecule has 4 nitrogen and oxygen atoms in total. The Labute approximate surface area is 136 Å². The SMILES string of the molecule is Cc1cc(Cl)ccc1CN1CCC2(CC1)C[C@@H](O)[C@@H](O)CO2. The molecule has 0 amide bonds. The summed E-state index contributed by atoms with van der Waals surface area (Å²) in [5.74, 6) is 0. The lowest BCUT2D eigenvalue weighted by Gasteiger charge is -2.46. The van der Waals surface area contributed by atoms with Gasteiger partial charge in [0.15, 0.2) is 0 Å². The van der Waals surface area contributed by atoms with Gasteiger partial charge in [-0.3, -0.25) is 4.90 Å². The molecule has 1 spiro atoms. The molecule has 1 aromatic rings. The van der Waals surface area contributed by atoms with Gasteiger partial charge >= 0.3 is 0 Å². The summed E-state index contributed by atoms with van der Waals surface area (Å²) in [6.07, 6.45) is 0.966. The lowest BCUT2D eigenvalue weighted by molar-refractivity contribution is -0.188. The van der Waals surface area contributed by atoms with Gasteiger partial charge in [0.1, 0.15) is 6.10 Å². The van der Waals surface area contributed by atoms with Gasteiger partial charge in [0, 0.05) is 31.1 Å². The van der Waals surface area contributed by atoms with Crippen molar-refractivity contribution in [2.45, 2.75) is 50.5 Å². The number of rotatable bonds is 2. The Morgan fingerprint density at radius 3 is 2.64 bits per heavy atom. The molecule has 122 valence electrons. The molecule has 5 heteroatoms. The van der Waals surface area contributed by atoms with Crippen LogP contribution >= 0.6 is 11.6 Å². The number of ether oxygens (including phenoxy) is 1. The third-order valence-corrected chi connectivity index (χ3v) is 5.29. The molecule has 2 atom stereocenters. The minimum Gasteiger partial charge on any atom is -0.390 e. The minimum absolute atomic E-state index is 0.246. The molecular weight excluding hydrogens is 302 g/mol. The Hall–Kier alpha value is -0.650. The molecular formula is C17H24ClNO3. The van der Waals surface area contributed by atoms with Crippen molar-refractivity contribution in [1.29, 1.82) is 0 Å². The largest absolute Gasteiger partial charge is 0.390 e. The van der Waals surface area contributed by atoms with E-state index in [0.717, 1.165) is 37.5 Å². The molecule has 2 aliphatic rings. The van der Waals surface area contributed by atoms with Crippen LogP contribution in [0, 0.1) is 6.92 Å². The van der Waals surface area contributed by atoms with Gasteiger partial charge in [0.25, 0.3) is 0 Å². The Morgan fingerprint density at radius 1 is 1.27 bits per heavy atom. The second-order valence-corrected chi connectivity index (χ2v) is 7.12. The van der Waals surface area contributed by atoms with E-state index in [-0.39, 0.29) is 12.2 Å². The van der Waals surface area contributed by atoms with E-state index < -0.39 is 12.2 Å². The molecule has 1 aromatic carbocycles. The van der Waals surface area contributed by atoms with Gasteiger partial charge in [-0.05, 0) is 43.0 Å². The zero-order chi connectivity index (χ0) is 15.7. The lowest BCUT2D eigenvalue weighted by atomic mass is 9.82. The third-order valence-electron chi connectivity index (χ3n) is 5.05. The molecule has 0 radical (unpaired) electrons. The number of halogens is 1. The Morgan fingerprint density at radius 2 is 2.00 bits per heavy atom. The van der Waals surface area contributed by atoms with Gasteiger partial charge in [-0.25, -0.2) is 0 Å². The van der Waals surface area contributed by atoms with Crippen LogP contribution in [0.25, 0.3) is 0 Å². The monoisotopic (exact) mass is 325 g/mol. The van der Waals surface area contributed by atoms with Gasteiger partial charge in [-0.2, -0.15) is 0 Å². The summed E-state index contributed by atoms with van der Waals surface area (Å²) in [5, 5.41) is 20.3. The first-order chi connectivity index (χ1) is 10.5. The number of piperidine rings is 1. The van der Waals surface area contributed by atoms with E-state index in [0.29, 0.717) is 6.42 Å². The van der Waals surface area contributed by atoms with Crippen LogP contribution in [-0.4, -0.2) is 52.6 Å². The molecule has 0 bridgehead atoms.